The lowest BCUT2D eigenvalue weighted by molar-refractivity contribution is 0.266. The maximum atomic E-state index is 12.3. The molecule has 0 aliphatic rings. The molecular weight excluding hydrogens is 306 g/mol. The van der Waals surface area contributed by atoms with Gasteiger partial charge in [-0.3, -0.25) is 0 Å². The Hall–Kier alpha value is -0.430. The number of halogens is 1. The second kappa shape index (κ2) is 5.48. The standard InChI is InChI=1S/C11H16BrNO3S/c1-8-6-10(12)7-9(2)11(8)17(15,16)13(3)4-5-14/h6-7,14H,4-5H2,1-3H3. The maximum Gasteiger partial charge on any atom is 0.243 e. The fourth-order valence-corrected chi connectivity index (χ4v) is 3.97. The van der Waals surface area contributed by atoms with E-state index in [1.54, 1.807) is 26.0 Å². The molecule has 0 atom stereocenters. The minimum Gasteiger partial charge on any atom is -0.395 e. The van der Waals surface area contributed by atoms with Gasteiger partial charge in [-0.15, -0.1) is 0 Å². The molecule has 0 heterocycles. The lowest BCUT2D eigenvalue weighted by Gasteiger charge is -2.19. The number of likely N-dealkylation sites (N-methyl/N-ethyl adjacent to an activating group) is 1. The molecule has 0 spiro atoms. The summed E-state index contributed by atoms with van der Waals surface area (Å²) in [6.07, 6.45) is 0. The first-order valence-electron chi connectivity index (χ1n) is 5.14. The van der Waals surface area contributed by atoms with E-state index < -0.39 is 10.0 Å². The van der Waals surface area contributed by atoms with Crippen molar-refractivity contribution in [3.63, 3.8) is 0 Å². The van der Waals surface area contributed by atoms with E-state index in [0.717, 1.165) is 8.78 Å². The summed E-state index contributed by atoms with van der Waals surface area (Å²) in [4.78, 5) is 0.316. The zero-order valence-electron chi connectivity index (χ0n) is 10.1. The van der Waals surface area contributed by atoms with Crippen LogP contribution in [0.3, 0.4) is 0 Å². The van der Waals surface area contributed by atoms with Gasteiger partial charge in [0.15, 0.2) is 0 Å². The first kappa shape index (κ1) is 14.6. The van der Waals surface area contributed by atoms with Gasteiger partial charge < -0.3 is 5.11 Å². The number of hydrogen-bond acceptors (Lipinski definition) is 3. The smallest absolute Gasteiger partial charge is 0.243 e. The SMILES string of the molecule is Cc1cc(Br)cc(C)c1S(=O)(=O)N(C)CCO. The minimum absolute atomic E-state index is 0.0945. The highest BCUT2D eigenvalue weighted by molar-refractivity contribution is 9.10. The number of nitrogens with zero attached hydrogens (tertiary/aromatic N) is 1. The Morgan fingerprint density at radius 1 is 1.29 bits per heavy atom. The van der Waals surface area contributed by atoms with Crippen LogP contribution in [0.4, 0.5) is 0 Å². The molecule has 1 N–H and O–H groups in total. The summed E-state index contributed by atoms with van der Waals surface area (Å²) in [6.45, 7) is 3.43. The molecule has 0 amide bonds. The molecular formula is C11H16BrNO3S. The topological polar surface area (TPSA) is 57.6 Å². The first-order chi connectivity index (χ1) is 7.80. The molecule has 0 radical (unpaired) electrons. The van der Waals surface area contributed by atoms with Crippen LogP contribution >= 0.6 is 15.9 Å². The van der Waals surface area contributed by atoms with E-state index in [9.17, 15) is 8.42 Å². The van der Waals surface area contributed by atoms with Crippen LogP contribution in [0.1, 0.15) is 11.1 Å². The molecule has 0 aliphatic carbocycles. The van der Waals surface area contributed by atoms with Crippen molar-refractivity contribution in [1.82, 2.24) is 4.31 Å². The third-order valence-electron chi connectivity index (χ3n) is 2.51. The molecule has 0 fully saturated rings. The summed E-state index contributed by atoms with van der Waals surface area (Å²) in [5.74, 6) is 0. The van der Waals surface area contributed by atoms with E-state index in [4.69, 9.17) is 5.11 Å². The molecule has 6 heteroatoms. The number of benzene rings is 1. The highest BCUT2D eigenvalue weighted by Crippen LogP contribution is 2.26. The Morgan fingerprint density at radius 2 is 1.76 bits per heavy atom. The third-order valence-corrected chi connectivity index (χ3v) is 5.13. The molecule has 0 unspecified atom stereocenters. The average molecular weight is 322 g/mol. The third kappa shape index (κ3) is 3.07. The Balaban J connectivity index is 3.34. The van der Waals surface area contributed by atoms with Gasteiger partial charge in [-0.05, 0) is 37.1 Å². The number of hydrogen-bond donors (Lipinski definition) is 1. The van der Waals surface area contributed by atoms with Gasteiger partial charge in [0.25, 0.3) is 0 Å². The number of aliphatic hydroxyl groups is 1. The Kier molecular flexibility index (Phi) is 4.71. The number of rotatable bonds is 4. The van der Waals surface area contributed by atoms with Crippen molar-refractivity contribution in [3.8, 4) is 0 Å². The second-order valence-electron chi connectivity index (χ2n) is 3.92. The van der Waals surface area contributed by atoms with Crippen molar-refractivity contribution >= 4 is 26.0 Å². The fraction of sp³-hybridized carbons (Fsp3) is 0.455. The number of aliphatic hydroxyl groups excluding tert-OH is 1. The molecule has 0 aromatic heterocycles. The van der Waals surface area contributed by atoms with Crippen molar-refractivity contribution in [2.45, 2.75) is 18.7 Å². The summed E-state index contributed by atoms with van der Waals surface area (Å²) in [7, 11) is -2.06. The van der Waals surface area contributed by atoms with Gasteiger partial charge in [-0.2, -0.15) is 4.31 Å². The molecule has 0 saturated heterocycles. The van der Waals surface area contributed by atoms with E-state index in [1.807, 2.05) is 0 Å². The predicted molar refractivity (Wildman–Crippen MR) is 70.5 cm³/mol. The van der Waals surface area contributed by atoms with Crippen molar-refractivity contribution in [2.75, 3.05) is 20.2 Å². The zero-order valence-corrected chi connectivity index (χ0v) is 12.5. The second-order valence-corrected chi connectivity index (χ2v) is 6.82. The monoisotopic (exact) mass is 321 g/mol. The van der Waals surface area contributed by atoms with Crippen molar-refractivity contribution in [1.29, 1.82) is 0 Å². The molecule has 4 nitrogen and oxygen atoms in total. The zero-order chi connectivity index (χ0) is 13.2. The summed E-state index contributed by atoms with van der Waals surface area (Å²) in [6, 6.07) is 3.54. The molecule has 96 valence electrons. The van der Waals surface area contributed by atoms with E-state index in [1.165, 1.54) is 7.05 Å². The van der Waals surface area contributed by atoms with E-state index >= 15 is 0 Å². The lowest BCUT2D eigenvalue weighted by atomic mass is 10.2. The van der Waals surface area contributed by atoms with Gasteiger partial charge in [0.2, 0.25) is 10.0 Å². The molecule has 1 rings (SSSR count). The quantitative estimate of drug-likeness (QED) is 0.917. The van der Waals surface area contributed by atoms with E-state index in [-0.39, 0.29) is 13.2 Å². The normalized spacial score (nSPS) is 12.1. The van der Waals surface area contributed by atoms with Gasteiger partial charge in [-0.25, -0.2) is 8.42 Å². The minimum atomic E-state index is -3.53. The highest BCUT2D eigenvalue weighted by Gasteiger charge is 2.24. The Bertz CT molecular complexity index is 490. The van der Waals surface area contributed by atoms with Crippen molar-refractivity contribution < 1.29 is 13.5 Å². The molecule has 1 aromatic rings. The van der Waals surface area contributed by atoms with Crippen molar-refractivity contribution in [2.24, 2.45) is 0 Å². The Labute approximate surface area is 110 Å². The van der Waals surface area contributed by atoms with Gasteiger partial charge in [0.1, 0.15) is 0 Å². The summed E-state index contributed by atoms with van der Waals surface area (Å²) >= 11 is 3.33. The molecule has 0 aliphatic heterocycles. The molecule has 0 saturated carbocycles. The van der Waals surface area contributed by atoms with Gasteiger partial charge in [-0.1, -0.05) is 15.9 Å². The first-order valence-corrected chi connectivity index (χ1v) is 7.38. The van der Waals surface area contributed by atoms with Gasteiger partial charge in [0, 0.05) is 18.1 Å². The van der Waals surface area contributed by atoms with Crippen LogP contribution in [0, 0.1) is 13.8 Å². The van der Waals surface area contributed by atoms with Crippen LogP contribution in [0.15, 0.2) is 21.5 Å². The summed E-state index contributed by atoms with van der Waals surface area (Å²) in [5.41, 5.74) is 1.39. The maximum absolute atomic E-state index is 12.3. The largest absolute Gasteiger partial charge is 0.395 e. The predicted octanol–water partition coefficient (Wildman–Crippen LogP) is 1.68. The molecule has 0 bridgehead atoms. The lowest BCUT2D eigenvalue weighted by Crippen LogP contribution is -2.30. The van der Waals surface area contributed by atoms with Crippen LogP contribution in [0.5, 0.6) is 0 Å². The van der Waals surface area contributed by atoms with Crippen LogP contribution in [-0.2, 0) is 10.0 Å². The van der Waals surface area contributed by atoms with Gasteiger partial charge in [0.05, 0.1) is 11.5 Å². The van der Waals surface area contributed by atoms with Crippen LogP contribution in [0.2, 0.25) is 0 Å². The summed E-state index contributed by atoms with van der Waals surface area (Å²) in [5, 5.41) is 8.82. The van der Waals surface area contributed by atoms with Crippen molar-refractivity contribution in [3.05, 3.63) is 27.7 Å². The Morgan fingerprint density at radius 3 is 2.18 bits per heavy atom. The number of sulfonamides is 1. The highest BCUT2D eigenvalue weighted by atomic mass is 79.9. The van der Waals surface area contributed by atoms with E-state index in [2.05, 4.69) is 15.9 Å². The fourth-order valence-electron chi connectivity index (χ4n) is 1.72. The van der Waals surface area contributed by atoms with Crippen LogP contribution in [-0.4, -0.2) is 38.0 Å². The van der Waals surface area contributed by atoms with Gasteiger partial charge >= 0.3 is 0 Å². The molecule has 1 aromatic carbocycles. The van der Waals surface area contributed by atoms with Crippen LogP contribution in [0.25, 0.3) is 0 Å². The van der Waals surface area contributed by atoms with E-state index in [0.29, 0.717) is 16.0 Å². The van der Waals surface area contributed by atoms with Crippen LogP contribution < -0.4 is 0 Å². The average Bonchev–Trinajstić information content (AvgIpc) is 2.15. The number of aryl methyl sites for hydroxylation is 2. The summed E-state index contributed by atoms with van der Waals surface area (Å²) < 4.78 is 26.6. The molecule has 17 heavy (non-hydrogen) atoms.